The Kier molecular flexibility index (Phi) is 12.8. The van der Waals surface area contributed by atoms with Crippen molar-refractivity contribution in [3.63, 3.8) is 0 Å². The van der Waals surface area contributed by atoms with Crippen LogP contribution in [0.4, 0.5) is 15.8 Å². The van der Waals surface area contributed by atoms with E-state index in [0.717, 1.165) is 0 Å². The molecule has 4 rings (SSSR count). The Morgan fingerprint density at radius 1 is 1.02 bits per heavy atom. The van der Waals surface area contributed by atoms with E-state index in [0.29, 0.717) is 38.9 Å². The fourth-order valence-electron chi connectivity index (χ4n) is 5.67. The number of hydrogen-bond acceptors (Lipinski definition) is 9. The molecule has 268 valence electrons. The number of amides is 2. The predicted molar refractivity (Wildman–Crippen MR) is 185 cm³/mol. The summed E-state index contributed by atoms with van der Waals surface area (Å²) in [6.07, 6.45) is -2.48. The van der Waals surface area contributed by atoms with E-state index in [-0.39, 0.29) is 38.3 Å². The van der Waals surface area contributed by atoms with E-state index in [1.165, 1.54) is 44.2 Å². The van der Waals surface area contributed by atoms with Crippen molar-refractivity contribution in [2.24, 2.45) is 5.41 Å². The van der Waals surface area contributed by atoms with Crippen LogP contribution in [0.5, 0.6) is 11.5 Å². The van der Waals surface area contributed by atoms with Crippen molar-refractivity contribution in [3.8, 4) is 11.5 Å². The molecule has 11 nitrogen and oxygen atoms in total. The molecule has 1 heterocycles. The first kappa shape index (κ1) is 38.1. The van der Waals surface area contributed by atoms with Crippen molar-refractivity contribution < 1.29 is 47.3 Å². The number of carbonyl (C=O) groups excluding carboxylic acids is 4. The van der Waals surface area contributed by atoms with Crippen LogP contribution in [0.3, 0.4) is 0 Å². The smallest absolute Gasteiger partial charge is 0.306 e. The van der Waals surface area contributed by atoms with Crippen LogP contribution in [0.2, 0.25) is 5.02 Å². The number of nitrogens with one attached hydrogen (secondary N) is 1. The van der Waals surface area contributed by atoms with Gasteiger partial charge in [-0.15, -0.1) is 0 Å². The lowest BCUT2D eigenvalue weighted by Crippen LogP contribution is -2.46. The molecule has 0 unspecified atom stereocenters. The van der Waals surface area contributed by atoms with Gasteiger partial charge in [0.2, 0.25) is 5.91 Å². The zero-order chi connectivity index (χ0) is 36.6. The van der Waals surface area contributed by atoms with Gasteiger partial charge in [-0.2, -0.15) is 0 Å². The van der Waals surface area contributed by atoms with Gasteiger partial charge in [-0.05, 0) is 55.3 Å². The van der Waals surface area contributed by atoms with Gasteiger partial charge in [-0.3, -0.25) is 19.2 Å². The number of anilines is 2. The van der Waals surface area contributed by atoms with E-state index in [4.69, 9.17) is 35.3 Å². The molecule has 0 saturated heterocycles. The third-order valence-electron chi connectivity index (χ3n) is 7.97. The molecule has 0 bridgehead atoms. The van der Waals surface area contributed by atoms with E-state index < -0.39 is 53.6 Å². The number of hydrogen-bond donors (Lipinski definition) is 1. The summed E-state index contributed by atoms with van der Waals surface area (Å²) in [7, 11) is 2.97. The third-order valence-corrected chi connectivity index (χ3v) is 8.21. The molecule has 0 aromatic heterocycles. The molecule has 1 aliphatic heterocycles. The average Bonchev–Trinajstić information content (AvgIpc) is 3.17. The first-order valence-electron chi connectivity index (χ1n) is 16.1. The maximum atomic E-state index is 14.9. The van der Waals surface area contributed by atoms with Gasteiger partial charge in [-0.1, -0.05) is 43.6 Å². The average molecular weight is 713 g/mol. The molecule has 0 radical (unpaired) electrons. The van der Waals surface area contributed by atoms with Crippen molar-refractivity contribution in [1.29, 1.82) is 0 Å². The molecule has 0 fully saturated rings. The number of halogens is 2. The van der Waals surface area contributed by atoms with Crippen LogP contribution in [0.15, 0.2) is 54.6 Å². The summed E-state index contributed by atoms with van der Waals surface area (Å²) >= 11 is 6.51. The summed E-state index contributed by atoms with van der Waals surface area (Å²) in [6.45, 7) is 7.03. The molecule has 1 N–H and O–H groups in total. The fraction of sp³-hybridized carbons (Fsp3) is 0.405. The second kappa shape index (κ2) is 16.8. The van der Waals surface area contributed by atoms with Crippen molar-refractivity contribution in [3.05, 3.63) is 82.1 Å². The van der Waals surface area contributed by atoms with Gasteiger partial charge in [0.1, 0.15) is 18.0 Å². The van der Waals surface area contributed by atoms with Crippen molar-refractivity contribution in [2.75, 3.05) is 44.2 Å². The molecule has 0 aliphatic carbocycles. The minimum absolute atomic E-state index is 0.0139. The highest BCUT2D eigenvalue weighted by Crippen LogP contribution is 2.45. The molecule has 0 spiro atoms. The Morgan fingerprint density at radius 2 is 1.78 bits per heavy atom. The van der Waals surface area contributed by atoms with Crippen molar-refractivity contribution in [2.45, 2.75) is 59.2 Å². The molecule has 3 aromatic rings. The van der Waals surface area contributed by atoms with E-state index in [9.17, 15) is 23.6 Å². The Hall–Kier alpha value is -4.68. The lowest BCUT2D eigenvalue weighted by Gasteiger charge is -2.33. The van der Waals surface area contributed by atoms with Gasteiger partial charge in [0.25, 0.3) is 5.91 Å². The van der Waals surface area contributed by atoms with Gasteiger partial charge in [0.05, 0.1) is 39.5 Å². The van der Waals surface area contributed by atoms with E-state index in [1.807, 2.05) is 13.8 Å². The van der Waals surface area contributed by atoms with Crippen LogP contribution in [0.1, 0.15) is 63.3 Å². The second-order valence-electron chi connectivity index (χ2n) is 12.5. The number of methoxy groups -OCH3 is 2. The SMILES string of the molecule is CCOC(=O)CCc1ccc(F)c(NC(=O)C[C@@H]2O[C@@H](c3cccc(OC)c3OC)c3cc(Cl)ccc3N(CC(C)(C)COC(C)=O)C2=O)c1. The van der Waals surface area contributed by atoms with Gasteiger partial charge < -0.3 is 33.9 Å². The Bertz CT molecular complexity index is 1730. The summed E-state index contributed by atoms with van der Waals surface area (Å²) in [5, 5.41) is 2.94. The minimum atomic E-state index is -1.37. The highest BCUT2D eigenvalue weighted by atomic mass is 35.5. The molecule has 0 saturated carbocycles. The first-order chi connectivity index (χ1) is 23.8. The number of aryl methyl sites for hydroxylation is 1. The summed E-state index contributed by atoms with van der Waals surface area (Å²) in [6, 6.07) is 14.4. The Balaban J connectivity index is 1.74. The van der Waals surface area contributed by atoms with Gasteiger partial charge in [0.15, 0.2) is 11.5 Å². The van der Waals surface area contributed by atoms with E-state index >= 15 is 0 Å². The Labute approximate surface area is 295 Å². The molecule has 2 atom stereocenters. The maximum absolute atomic E-state index is 14.9. The quantitative estimate of drug-likeness (QED) is 0.188. The molecular formula is C37H42ClFN2O9. The van der Waals surface area contributed by atoms with E-state index in [1.54, 1.807) is 43.3 Å². The number of para-hydroxylation sites is 1. The summed E-state index contributed by atoms with van der Waals surface area (Å²) in [4.78, 5) is 53.1. The number of rotatable bonds is 14. The zero-order valence-corrected chi connectivity index (χ0v) is 29.7. The van der Waals surface area contributed by atoms with Gasteiger partial charge in [0, 0.05) is 47.1 Å². The first-order valence-corrected chi connectivity index (χ1v) is 16.5. The van der Waals surface area contributed by atoms with Crippen LogP contribution in [0, 0.1) is 11.2 Å². The van der Waals surface area contributed by atoms with Crippen LogP contribution in [-0.4, -0.2) is 63.8 Å². The summed E-state index contributed by atoms with van der Waals surface area (Å²) < 4.78 is 43.0. The molecule has 2 amide bonds. The lowest BCUT2D eigenvalue weighted by atomic mass is 9.92. The van der Waals surface area contributed by atoms with Crippen LogP contribution >= 0.6 is 11.6 Å². The standard InChI is InChI=1S/C37H42ClFN2O9/c1-7-48-33(44)16-12-23-11-14-27(39)28(17-23)40-32(43)19-31-36(45)41(20-37(3,4)21-49-22(2)42)29-15-13-24(38)18-26(29)34(50-31)25-9-8-10-30(46-5)35(25)47-6/h8-11,13-15,17-18,31,34H,7,12,16,19-21H2,1-6H3,(H,40,43)/t31-,34-/m0/s1. The summed E-state index contributed by atoms with van der Waals surface area (Å²) in [5.41, 5.74) is 1.26. The monoisotopic (exact) mass is 712 g/mol. The second-order valence-corrected chi connectivity index (χ2v) is 13.0. The normalized spacial score (nSPS) is 15.8. The number of esters is 2. The number of carbonyl (C=O) groups is 4. The largest absolute Gasteiger partial charge is 0.493 e. The highest BCUT2D eigenvalue weighted by molar-refractivity contribution is 6.30. The summed E-state index contributed by atoms with van der Waals surface area (Å²) in [5.74, 6) is -2.02. The van der Waals surface area contributed by atoms with Gasteiger partial charge in [-0.25, -0.2) is 4.39 Å². The zero-order valence-electron chi connectivity index (χ0n) is 29.0. The maximum Gasteiger partial charge on any atom is 0.306 e. The molecule has 50 heavy (non-hydrogen) atoms. The number of benzene rings is 3. The topological polar surface area (TPSA) is 130 Å². The third kappa shape index (κ3) is 9.51. The Morgan fingerprint density at radius 3 is 2.46 bits per heavy atom. The highest BCUT2D eigenvalue weighted by Gasteiger charge is 2.41. The lowest BCUT2D eigenvalue weighted by molar-refractivity contribution is -0.144. The van der Waals surface area contributed by atoms with Crippen LogP contribution < -0.4 is 19.7 Å². The molecule has 1 aliphatic rings. The molecule has 13 heteroatoms. The van der Waals surface area contributed by atoms with Crippen molar-refractivity contribution in [1.82, 2.24) is 0 Å². The predicted octanol–water partition coefficient (Wildman–Crippen LogP) is 6.43. The fourth-order valence-corrected chi connectivity index (χ4v) is 5.85. The number of nitrogens with zero attached hydrogens (tertiary/aromatic N) is 1. The minimum Gasteiger partial charge on any atom is -0.493 e. The van der Waals surface area contributed by atoms with E-state index in [2.05, 4.69) is 5.32 Å². The van der Waals surface area contributed by atoms with Crippen molar-refractivity contribution >= 4 is 46.7 Å². The number of ether oxygens (including phenoxy) is 5. The van der Waals surface area contributed by atoms with Crippen LogP contribution in [-0.2, 0) is 39.8 Å². The van der Waals surface area contributed by atoms with Crippen LogP contribution in [0.25, 0.3) is 0 Å². The number of fused-ring (bicyclic) bond motifs is 1. The van der Waals surface area contributed by atoms with Gasteiger partial charge >= 0.3 is 11.9 Å². The molecular weight excluding hydrogens is 671 g/mol. The molecule has 3 aromatic carbocycles.